The zero-order valence-electron chi connectivity index (χ0n) is 14.9. The van der Waals surface area contributed by atoms with Gasteiger partial charge in [0.2, 0.25) is 0 Å². The van der Waals surface area contributed by atoms with Gasteiger partial charge in [0.15, 0.2) is 0 Å². The van der Waals surface area contributed by atoms with Gasteiger partial charge in [0.05, 0.1) is 5.56 Å². The molecule has 2 aromatic rings. The van der Waals surface area contributed by atoms with Crippen LogP contribution in [0, 0.1) is 13.8 Å². The minimum atomic E-state index is -0.223. The van der Waals surface area contributed by atoms with Crippen molar-refractivity contribution in [2.75, 3.05) is 11.1 Å². The molecular weight excluding hydrogens is 298 g/mol. The first kappa shape index (κ1) is 18.0. The van der Waals surface area contributed by atoms with E-state index in [0.29, 0.717) is 5.56 Å². The Morgan fingerprint density at radius 2 is 1.83 bits per heavy atom. The predicted molar refractivity (Wildman–Crippen MR) is 100 cm³/mol. The number of nitrogens with zero attached hydrogens (tertiary/aromatic N) is 1. The molecule has 3 N–H and O–H groups in total. The lowest BCUT2D eigenvalue weighted by molar-refractivity contribution is 0.102. The number of hydrogen-bond acceptors (Lipinski definition) is 3. The molecule has 2 rings (SSSR count). The van der Waals surface area contributed by atoms with Crippen molar-refractivity contribution in [3.8, 4) is 0 Å². The summed E-state index contributed by atoms with van der Waals surface area (Å²) in [6.07, 6.45) is 6.11. The van der Waals surface area contributed by atoms with E-state index in [4.69, 9.17) is 5.73 Å². The highest BCUT2D eigenvalue weighted by Gasteiger charge is 2.13. The van der Waals surface area contributed by atoms with E-state index in [1.165, 1.54) is 31.2 Å². The quantitative estimate of drug-likeness (QED) is 0.728. The molecule has 0 aliphatic carbocycles. The highest BCUT2D eigenvalue weighted by Crippen LogP contribution is 2.17. The Bertz CT molecular complexity index is 693. The van der Waals surface area contributed by atoms with E-state index in [1.54, 1.807) is 6.07 Å². The number of unbranched alkanes of at least 4 members (excludes halogenated alkanes) is 3. The fraction of sp³-hybridized carbons (Fsp3) is 0.400. The second-order valence-corrected chi connectivity index (χ2v) is 6.29. The molecule has 0 saturated heterocycles. The number of carbonyl (C=O) groups is 1. The summed E-state index contributed by atoms with van der Waals surface area (Å²) in [6, 6.07) is 9.82. The predicted octanol–water partition coefficient (Wildman–Crippen LogP) is 4.66. The number of pyridine rings is 1. The number of nitrogens with two attached hydrogens (primary N) is 1. The highest BCUT2D eigenvalue weighted by atomic mass is 16.1. The summed E-state index contributed by atoms with van der Waals surface area (Å²) in [7, 11) is 0. The van der Waals surface area contributed by atoms with Crippen LogP contribution in [-0.4, -0.2) is 10.9 Å². The molecule has 1 aromatic carbocycles. The summed E-state index contributed by atoms with van der Waals surface area (Å²) in [6.45, 7) is 6.02. The number of hydrogen-bond donors (Lipinski definition) is 2. The second-order valence-electron chi connectivity index (χ2n) is 6.29. The van der Waals surface area contributed by atoms with Gasteiger partial charge in [-0.05, 0) is 56.0 Å². The Labute approximate surface area is 144 Å². The fourth-order valence-electron chi connectivity index (χ4n) is 2.61. The van der Waals surface area contributed by atoms with E-state index >= 15 is 0 Å². The van der Waals surface area contributed by atoms with E-state index in [-0.39, 0.29) is 11.7 Å². The van der Waals surface area contributed by atoms with Crippen molar-refractivity contribution < 1.29 is 4.79 Å². The van der Waals surface area contributed by atoms with Gasteiger partial charge >= 0.3 is 0 Å². The van der Waals surface area contributed by atoms with Gasteiger partial charge in [-0.2, -0.15) is 0 Å². The molecule has 0 fully saturated rings. The van der Waals surface area contributed by atoms with Crippen molar-refractivity contribution >= 4 is 17.4 Å². The summed E-state index contributed by atoms with van der Waals surface area (Å²) in [5.74, 6) is 0.0435. The Morgan fingerprint density at radius 3 is 2.50 bits per heavy atom. The molecule has 0 aliphatic rings. The van der Waals surface area contributed by atoms with Gasteiger partial charge in [-0.3, -0.25) is 4.79 Å². The third-order valence-electron chi connectivity index (χ3n) is 4.27. The standard InChI is InChI=1S/C20H27N3O/c1-4-5-6-7-8-16-9-11-17(12-10-16)23-20(24)18-13-14(2)15(3)22-19(18)21/h9-13H,4-8H2,1-3H3,(H2,21,22)(H,23,24). The molecule has 1 amide bonds. The molecule has 0 saturated carbocycles. The van der Waals surface area contributed by atoms with Gasteiger partial charge in [0.25, 0.3) is 5.91 Å². The summed E-state index contributed by atoms with van der Waals surface area (Å²) < 4.78 is 0. The number of anilines is 2. The molecule has 4 nitrogen and oxygen atoms in total. The second kappa shape index (κ2) is 8.48. The number of carbonyl (C=O) groups excluding carboxylic acids is 1. The van der Waals surface area contributed by atoms with Crippen LogP contribution in [0.4, 0.5) is 11.5 Å². The molecule has 0 atom stereocenters. The zero-order valence-corrected chi connectivity index (χ0v) is 14.9. The molecule has 1 aromatic heterocycles. The number of rotatable bonds is 7. The van der Waals surface area contributed by atoms with Crippen molar-refractivity contribution in [2.45, 2.75) is 52.9 Å². The van der Waals surface area contributed by atoms with Crippen molar-refractivity contribution in [2.24, 2.45) is 0 Å². The number of amides is 1. The molecule has 0 aliphatic heterocycles. The minimum absolute atomic E-state index is 0.223. The van der Waals surface area contributed by atoms with Crippen LogP contribution in [0.15, 0.2) is 30.3 Å². The van der Waals surface area contributed by atoms with Crippen molar-refractivity contribution in [1.82, 2.24) is 4.98 Å². The normalized spacial score (nSPS) is 10.6. The summed E-state index contributed by atoms with van der Waals surface area (Å²) >= 11 is 0. The van der Waals surface area contributed by atoms with Crippen LogP contribution in [-0.2, 0) is 6.42 Å². The Balaban J connectivity index is 1.98. The third kappa shape index (κ3) is 4.82. The summed E-state index contributed by atoms with van der Waals surface area (Å²) in [5, 5.41) is 2.89. The van der Waals surface area contributed by atoms with E-state index in [2.05, 4.69) is 29.4 Å². The molecule has 0 bridgehead atoms. The molecule has 1 heterocycles. The molecule has 4 heteroatoms. The van der Waals surface area contributed by atoms with Crippen LogP contribution in [0.5, 0.6) is 0 Å². The SMILES string of the molecule is CCCCCCc1ccc(NC(=O)c2cc(C)c(C)nc2N)cc1. The summed E-state index contributed by atoms with van der Waals surface area (Å²) in [4.78, 5) is 16.6. The van der Waals surface area contributed by atoms with Crippen LogP contribution in [0.2, 0.25) is 0 Å². The van der Waals surface area contributed by atoms with Gasteiger partial charge in [-0.25, -0.2) is 4.98 Å². The van der Waals surface area contributed by atoms with E-state index in [9.17, 15) is 4.79 Å². The maximum atomic E-state index is 12.4. The average Bonchev–Trinajstić information content (AvgIpc) is 2.56. The average molecular weight is 325 g/mol. The van der Waals surface area contributed by atoms with Gasteiger partial charge in [-0.15, -0.1) is 0 Å². The Kier molecular flexibility index (Phi) is 6.36. The number of benzene rings is 1. The van der Waals surface area contributed by atoms with Crippen LogP contribution < -0.4 is 11.1 Å². The van der Waals surface area contributed by atoms with Gasteiger partial charge in [-0.1, -0.05) is 38.3 Å². The third-order valence-corrected chi connectivity index (χ3v) is 4.27. The van der Waals surface area contributed by atoms with Gasteiger partial charge < -0.3 is 11.1 Å². The van der Waals surface area contributed by atoms with Gasteiger partial charge in [0.1, 0.15) is 5.82 Å². The van der Waals surface area contributed by atoms with Crippen LogP contribution >= 0.6 is 0 Å². The number of aromatic nitrogens is 1. The van der Waals surface area contributed by atoms with Crippen molar-refractivity contribution in [3.05, 3.63) is 52.7 Å². The first-order valence-corrected chi connectivity index (χ1v) is 8.65. The Morgan fingerprint density at radius 1 is 1.12 bits per heavy atom. The Hall–Kier alpha value is -2.36. The molecule has 128 valence electrons. The number of nitrogen functional groups attached to an aromatic ring is 1. The summed E-state index contributed by atoms with van der Waals surface area (Å²) in [5.41, 5.74) is 10.2. The van der Waals surface area contributed by atoms with E-state index in [1.807, 2.05) is 26.0 Å². The van der Waals surface area contributed by atoms with Crippen molar-refractivity contribution in [1.29, 1.82) is 0 Å². The first-order chi connectivity index (χ1) is 11.5. The monoisotopic (exact) mass is 325 g/mol. The lowest BCUT2D eigenvalue weighted by Crippen LogP contribution is -2.15. The highest BCUT2D eigenvalue weighted by molar-refractivity contribution is 6.07. The molecular formula is C20H27N3O. The van der Waals surface area contributed by atoms with Gasteiger partial charge in [0, 0.05) is 11.4 Å². The van der Waals surface area contributed by atoms with E-state index in [0.717, 1.165) is 23.4 Å². The lowest BCUT2D eigenvalue weighted by Gasteiger charge is -2.10. The number of nitrogens with one attached hydrogen (secondary N) is 1. The smallest absolute Gasteiger partial charge is 0.259 e. The lowest BCUT2D eigenvalue weighted by atomic mass is 10.1. The molecule has 0 radical (unpaired) electrons. The van der Waals surface area contributed by atoms with Crippen LogP contribution in [0.3, 0.4) is 0 Å². The van der Waals surface area contributed by atoms with Crippen molar-refractivity contribution in [3.63, 3.8) is 0 Å². The molecule has 0 unspecified atom stereocenters. The number of aryl methyl sites for hydroxylation is 3. The van der Waals surface area contributed by atoms with Crippen LogP contribution in [0.1, 0.15) is 59.8 Å². The first-order valence-electron chi connectivity index (χ1n) is 8.65. The molecule has 24 heavy (non-hydrogen) atoms. The maximum Gasteiger partial charge on any atom is 0.259 e. The zero-order chi connectivity index (χ0) is 17.5. The maximum absolute atomic E-state index is 12.4. The van der Waals surface area contributed by atoms with E-state index < -0.39 is 0 Å². The fourth-order valence-corrected chi connectivity index (χ4v) is 2.61. The molecule has 0 spiro atoms. The van der Waals surface area contributed by atoms with Crippen LogP contribution in [0.25, 0.3) is 0 Å². The minimum Gasteiger partial charge on any atom is -0.383 e. The largest absolute Gasteiger partial charge is 0.383 e. The topological polar surface area (TPSA) is 68.0 Å².